The average Bonchev–Trinajstić information content (AvgIpc) is 3.45. The normalized spacial score (nSPS) is 18.0. The number of dihydropyridines is 1. The summed E-state index contributed by atoms with van der Waals surface area (Å²) in [6.07, 6.45) is 5.09. The molecule has 0 spiro atoms. The quantitative estimate of drug-likeness (QED) is 0.252. The van der Waals surface area contributed by atoms with Crippen LogP contribution in [0.15, 0.2) is 53.8 Å². The van der Waals surface area contributed by atoms with Gasteiger partial charge >= 0.3 is 18.0 Å². The lowest BCUT2D eigenvalue weighted by atomic mass is 9.89. The van der Waals surface area contributed by atoms with Crippen LogP contribution in [-0.2, 0) is 25.4 Å². The van der Waals surface area contributed by atoms with Crippen molar-refractivity contribution in [1.82, 2.24) is 15.3 Å². The second-order valence-electron chi connectivity index (χ2n) is 11.3. The number of allylic oxidation sites excluding steroid dienone is 2. The second kappa shape index (κ2) is 13.0. The van der Waals surface area contributed by atoms with Crippen LogP contribution in [0.5, 0.6) is 0 Å². The van der Waals surface area contributed by atoms with Crippen LogP contribution in [-0.4, -0.2) is 64.4 Å². The predicted molar refractivity (Wildman–Crippen MR) is 151 cm³/mol. The summed E-state index contributed by atoms with van der Waals surface area (Å²) < 4.78 is 44.5. The SMILES string of the molecule is CCOC(=O)C1=C([N+]2(C(=O)OC(C)(C)C)CCCC2)NC(Cc2ccc(F)cc2F)=CC1c1cnc(C(=O)OCC)cn1. The molecule has 0 radical (unpaired) electrons. The number of aromatic nitrogens is 2. The number of halogens is 2. The van der Waals surface area contributed by atoms with Crippen molar-refractivity contribution >= 4 is 18.0 Å². The monoisotopic (exact) mass is 599 g/mol. The van der Waals surface area contributed by atoms with E-state index in [1.807, 2.05) is 0 Å². The molecule has 1 fully saturated rings. The number of carbonyl (C=O) groups excluding carboxylic acids is 3. The molecular weight excluding hydrogens is 562 g/mol. The van der Waals surface area contributed by atoms with Crippen LogP contribution in [0.25, 0.3) is 0 Å². The van der Waals surface area contributed by atoms with E-state index in [0.717, 1.165) is 12.1 Å². The summed E-state index contributed by atoms with van der Waals surface area (Å²) in [4.78, 5) is 48.4. The molecule has 43 heavy (non-hydrogen) atoms. The number of quaternary nitrogens is 1. The molecule has 2 aliphatic rings. The zero-order chi connectivity index (χ0) is 31.4. The van der Waals surface area contributed by atoms with E-state index in [-0.39, 0.29) is 52.5 Å². The molecule has 1 unspecified atom stereocenters. The Morgan fingerprint density at radius 2 is 1.67 bits per heavy atom. The maximum Gasteiger partial charge on any atom is 0.523 e. The van der Waals surface area contributed by atoms with E-state index in [1.54, 1.807) is 40.7 Å². The average molecular weight is 600 g/mol. The van der Waals surface area contributed by atoms with Gasteiger partial charge in [-0.05, 0) is 46.2 Å². The van der Waals surface area contributed by atoms with Crippen molar-refractivity contribution in [3.63, 3.8) is 0 Å². The Morgan fingerprint density at radius 3 is 2.26 bits per heavy atom. The summed E-state index contributed by atoms with van der Waals surface area (Å²) in [6.45, 7) is 9.55. The number of nitrogens with zero attached hydrogens (tertiary/aromatic N) is 3. The molecule has 3 heterocycles. The lowest BCUT2D eigenvalue weighted by Crippen LogP contribution is -2.57. The first-order valence-electron chi connectivity index (χ1n) is 14.3. The molecule has 1 N–H and O–H groups in total. The number of hydrogen-bond donors (Lipinski definition) is 1. The lowest BCUT2D eigenvalue weighted by molar-refractivity contribution is -0.811. The first-order valence-corrected chi connectivity index (χ1v) is 14.3. The van der Waals surface area contributed by atoms with Gasteiger partial charge in [0.05, 0.1) is 50.3 Å². The molecule has 12 heteroatoms. The number of ether oxygens (including phenoxy) is 3. The summed E-state index contributed by atoms with van der Waals surface area (Å²) in [5, 5.41) is 3.26. The molecule has 2 aliphatic heterocycles. The number of esters is 2. The van der Waals surface area contributed by atoms with E-state index in [1.165, 1.54) is 18.5 Å². The van der Waals surface area contributed by atoms with Gasteiger partial charge in [0.25, 0.3) is 0 Å². The van der Waals surface area contributed by atoms with E-state index in [4.69, 9.17) is 14.2 Å². The van der Waals surface area contributed by atoms with Gasteiger partial charge in [0.1, 0.15) is 22.8 Å². The zero-order valence-electron chi connectivity index (χ0n) is 25.0. The van der Waals surface area contributed by atoms with Gasteiger partial charge in [-0.15, -0.1) is 0 Å². The molecular formula is C31H37F2N4O6+. The Kier molecular flexibility index (Phi) is 9.59. The topological polar surface area (TPSA) is 117 Å². The Hall–Kier alpha value is -4.19. The largest absolute Gasteiger partial charge is 0.523 e. The minimum atomic E-state index is -0.893. The first-order chi connectivity index (χ1) is 20.4. The molecule has 2 aromatic rings. The molecule has 1 amide bonds. The van der Waals surface area contributed by atoms with E-state index < -0.39 is 41.2 Å². The van der Waals surface area contributed by atoms with E-state index in [9.17, 15) is 23.2 Å². The Bertz CT molecular complexity index is 1440. The highest BCUT2D eigenvalue weighted by atomic mass is 19.1. The van der Waals surface area contributed by atoms with Crippen LogP contribution in [0.3, 0.4) is 0 Å². The van der Waals surface area contributed by atoms with Gasteiger partial charge in [-0.1, -0.05) is 12.1 Å². The number of hydrogen-bond acceptors (Lipinski definition) is 9. The minimum Gasteiger partial charge on any atom is -0.462 e. The van der Waals surface area contributed by atoms with Crippen LogP contribution < -0.4 is 5.32 Å². The predicted octanol–water partition coefficient (Wildman–Crippen LogP) is 5.07. The number of amides is 1. The maximum absolute atomic E-state index is 14.8. The highest BCUT2D eigenvalue weighted by Crippen LogP contribution is 2.40. The Labute approximate surface area is 249 Å². The van der Waals surface area contributed by atoms with Crippen LogP contribution >= 0.6 is 0 Å². The fourth-order valence-corrected chi connectivity index (χ4v) is 5.20. The van der Waals surface area contributed by atoms with Crippen LogP contribution in [0.4, 0.5) is 13.6 Å². The molecule has 10 nitrogen and oxygen atoms in total. The minimum absolute atomic E-state index is 0.00905. The van der Waals surface area contributed by atoms with Crippen molar-refractivity contribution in [2.24, 2.45) is 0 Å². The first kappa shape index (κ1) is 31.7. The maximum atomic E-state index is 14.8. The molecule has 0 saturated carbocycles. The van der Waals surface area contributed by atoms with E-state index in [0.29, 0.717) is 31.6 Å². The molecule has 0 bridgehead atoms. The standard InChI is InChI=1S/C31H36F2N4O6/c1-6-41-28(38)25-18-34-24(17-35-25)22-16-21(14-19-10-11-20(32)15-23(19)33)36-27(26(22)29(39)42-7-2)37(12-8-9-13-37)30(40)43-31(3,4)5/h10-11,15-18,22H,6-9,12-14H2,1-5H3/p+1. The third kappa shape index (κ3) is 7.07. The van der Waals surface area contributed by atoms with Gasteiger partial charge in [0.15, 0.2) is 5.69 Å². The Morgan fingerprint density at radius 1 is 1.00 bits per heavy atom. The number of likely N-dealkylation sites (tertiary alicyclic amines) is 1. The number of carbonyl (C=O) groups is 3. The second-order valence-corrected chi connectivity index (χ2v) is 11.3. The van der Waals surface area contributed by atoms with Crippen molar-refractivity contribution in [2.45, 2.75) is 65.4 Å². The van der Waals surface area contributed by atoms with Gasteiger partial charge < -0.3 is 19.5 Å². The summed E-state index contributed by atoms with van der Waals surface area (Å²) in [6, 6.07) is 3.30. The highest BCUT2D eigenvalue weighted by Gasteiger charge is 2.52. The van der Waals surface area contributed by atoms with Gasteiger partial charge in [-0.25, -0.2) is 23.4 Å². The summed E-state index contributed by atoms with van der Waals surface area (Å²) in [5.74, 6) is -3.43. The molecule has 230 valence electrons. The molecule has 1 atom stereocenters. The van der Waals surface area contributed by atoms with Crippen LogP contribution in [0.2, 0.25) is 0 Å². The summed E-state index contributed by atoms with van der Waals surface area (Å²) in [5.41, 5.74) is 0.226. The molecule has 1 saturated heterocycles. The lowest BCUT2D eigenvalue weighted by Gasteiger charge is -2.38. The van der Waals surface area contributed by atoms with Gasteiger partial charge in [0.2, 0.25) is 5.82 Å². The molecule has 1 aromatic carbocycles. The van der Waals surface area contributed by atoms with Crippen LogP contribution in [0, 0.1) is 11.6 Å². The van der Waals surface area contributed by atoms with Crippen LogP contribution in [0.1, 0.15) is 75.1 Å². The van der Waals surface area contributed by atoms with Gasteiger partial charge in [-0.2, -0.15) is 9.28 Å². The van der Waals surface area contributed by atoms with E-state index in [2.05, 4.69) is 15.3 Å². The van der Waals surface area contributed by atoms with Gasteiger partial charge in [-0.3, -0.25) is 4.98 Å². The van der Waals surface area contributed by atoms with E-state index >= 15 is 0 Å². The third-order valence-electron chi connectivity index (χ3n) is 7.08. The molecule has 0 aliphatic carbocycles. The van der Waals surface area contributed by atoms with Crippen molar-refractivity contribution in [3.05, 3.63) is 82.3 Å². The zero-order valence-corrected chi connectivity index (χ0v) is 25.0. The van der Waals surface area contributed by atoms with Crippen molar-refractivity contribution in [1.29, 1.82) is 0 Å². The Balaban J connectivity index is 1.90. The molecule has 1 aromatic heterocycles. The third-order valence-corrected chi connectivity index (χ3v) is 7.08. The highest BCUT2D eigenvalue weighted by molar-refractivity contribution is 5.92. The number of benzene rings is 1. The molecule has 4 rings (SSSR count). The summed E-state index contributed by atoms with van der Waals surface area (Å²) >= 11 is 0. The smallest absolute Gasteiger partial charge is 0.462 e. The van der Waals surface area contributed by atoms with Crippen molar-refractivity contribution in [2.75, 3.05) is 26.3 Å². The number of rotatable bonds is 8. The fraction of sp³-hybridized carbons (Fsp3) is 0.452. The fourth-order valence-electron chi connectivity index (χ4n) is 5.20. The van der Waals surface area contributed by atoms with Crippen molar-refractivity contribution in [3.8, 4) is 0 Å². The van der Waals surface area contributed by atoms with Gasteiger partial charge in [0, 0.05) is 31.0 Å². The van der Waals surface area contributed by atoms with Crippen molar-refractivity contribution < 1.29 is 41.9 Å². The summed E-state index contributed by atoms with van der Waals surface area (Å²) in [7, 11) is 0. The number of nitrogens with one attached hydrogen (secondary N) is 1.